The zero-order chi connectivity index (χ0) is 14.1. The minimum Gasteiger partial charge on any atom is -0.478 e. The number of hydrogen-bond acceptors (Lipinski definition) is 4. The van der Waals surface area contributed by atoms with Gasteiger partial charge in [-0.3, -0.25) is 0 Å². The molecule has 0 fully saturated rings. The average molecular weight is 287 g/mol. The first-order chi connectivity index (χ1) is 9.69. The SMILES string of the molecule is CCc1nc2ccc(C(=O)O)cc2n1Cc1cscn1. The van der Waals surface area contributed by atoms with Gasteiger partial charge in [-0.25, -0.2) is 14.8 Å². The molecule has 5 nitrogen and oxygen atoms in total. The summed E-state index contributed by atoms with van der Waals surface area (Å²) in [5.41, 5.74) is 4.70. The van der Waals surface area contributed by atoms with E-state index in [1.807, 2.05) is 16.9 Å². The summed E-state index contributed by atoms with van der Waals surface area (Å²) in [5, 5.41) is 11.1. The predicted molar refractivity (Wildman–Crippen MR) is 77.3 cm³/mol. The third kappa shape index (κ3) is 2.18. The van der Waals surface area contributed by atoms with Crippen LogP contribution in [0.4, 0.5) is 0 Å². The summed E-state index contributed by atoms with van der Waals surface area (Å²) in [5.74, 6) is 0.0156. The Labute approximate surface area is 119 Å². The van der Waals surface area contributed by atoms with Crippen LogP contribution in [-0.4, -0.2) is 25.6 Å². The van der Waals surface area contributed by atoms with Crippen LogP contribution in [0.1, 0.15) is 28.8 Å². The number of carbonyl (C=O) groups is 1. The molecule has 0 amide bonds. The van der Waals surface area contributed by atoms with Crippen LogP contribution in [0.2, 0.25) is 0 Å². The molecule has 2 aromatic heterocycles. The molecule has 1 aromatic carbocycles. The van der Waals surface area contributed by atoms with Crippen LogP contribution in [0.25, 0.3) is 11.0 Å². The topological polar surface area (TPSA) is 68.0 Å². The van der Waals surface area contributed by atoms with Crippen molar-refractivity contribution >= 4 is 28.3 Å². The van der Waals surface area contributed by atoms with Gasteiger partial charge in [0.15, 0.2) is 0 Å². The minimum atomic E-state index is -0.925. The first-order valence-corrected chi connectivity index (χ1v) is 7.23. The highest BCUT2D eigenvalue weighted by atomic mass is 32.1. The third-order valence-corrected chi connectivity index (χ3v) is 3.83. The molecule has 3 aromatic rings. The number of aromatic nitrogens is 3. The van der Waals surface area contributed by atoms with E-state index in [1.54, 1.807) is 35.0 Å². The Bertz CT molecular complexity index is 762. The smallest absolute Gasteiger partial charge is 0.335 e. The van der Waals surface area contributed by atoms with Gasteiger partial charge in [0.1, 0.15) is 5.82 Å². The number of aromatic carboxylic acids is 1. The number of rotatable bonds is 4. The number of benzene rings is 1. The molecular formula is C14H13N3O2S. The van der Waals surface area contributed by atoms with E-state index >= 15 is 0 Å². The fourth-order valence-corrected chi connectivity index (χ4v) is 2.78. The second kappa shape index (κ2) is 5.05. The number of imidazole rings is 1. The van der Waals surface area contributed by atoms with E-state index in [4.69, 9.17) is 5.11 Å². The number of carboxylic acids is 1. The lowest BCUT2D eigenvalue weighted by molar-refractivity contribution is 0.0697. The summed E-state index contributed by atoms with van der Waals surface area (Å²) in [6.07, 6.45) is 0.793. The molecule has 3 rings (SSSR count). The lowest BCUT2D eigenvalue weighted by atomic mass is 10.2. The average Bonchev–Trinajstić information content (AvgIpc) is 3.06. The highest BCUT2D eigenvalue weighted by molar-refractivity contribution is 7.07. The molecule has 102 valence electrons. The van der Waals surface area contributed by atoms with Crippen molar-refractivity contribution in [1.29, 1.82) is 0 Å². The Morgan fingerprint density at radius 3 is 2.95 bits per heavy atom. The number of fused-ring (bicyclic) bond motifs is 1. The Balaban J connectivity index is 2.15. The van der Waals surface area contributed by atoms with E-state index in [1.165, 1.54) is 0 Å². The molecule has 0 aliphatic heterocycles. The fourth-order valence-electron chi connectivity index (χ4n) is 2.23. The molecule has 1 N–H and O–H groups in total. The van der Waals surface area contributed by atoms with Crippen molar-refractivity contribution in [3.05, 3.63) is 46.2 Å². The maximum absolute atomic E-state index is 11.1. The predicted octanol–water partition coefficient (Wildman–Crippen LogP) is 2.80. The van der Waals surface area contributed by atoms with Gasteiger partial charge in [0.05, 0.1) is 34.3 Å². The van der Waals surface area contributed by atoms with E-state index in [0.29, 0.717) is 6.54 Å². The Morgan fingerprint density at radius 1 is 1.45 bits per heavy atom. The van der Waals surface area contributed by atoms with E-state index < -0.39 is 5.97 Å². The van der Waals surface area contributed by atoms with Crippen molar-refractivity contribution in [1.82, 2.24) is 14.5 Å². The van der Waals surface area contributed by atoms with Crippen molar-refractivity contribution in [2.75, 3.05) is 0 Å². The quantitative estimate of drug-likeness (QED) is 0.801. The van der Waals surface area contributed by atoms with Crippen LogP contribution in [0.5, 0.6) is 0 Å². The molecular weight excluding hydrogens is 274 g/mol. The maximum Gasteiger partial charge on any atom is 0.335 e. The lowest BCUT2D eigenvalue weighted by Gasteiger charge is -2.06. The molecule has 2 heterocycles. The number of nitrogens with zero attached hydrogens (tertiary/aromatic N) is 3. The van der Waals surface area contributed by atoms with Crippen LogP contribution < -0.4 is 0 Å². The van der Waals surface area contributed by atoms with Crippen LogP contribution in [0.3, 0.4) is 0 Å². The van der Waals surface area contributed by atoms with Crippen molar-refractivity contribution in [3.8, 4) is 0 Å². The highest BCUT2D eigenvalue weighted by Gasteiger charge is 2.13. The largest absolute Gasteiger partial charge is 0.478 e. The van der Waals surface area contributed by atoms with E-state index in [9.17, 15) is 4.79 Å². The number of thiazole rings is 1. The molecule has 0 atom stereocenters. The molecule has 0 unspecified atom stereocenters. The summed E-state index contributed by atoms with van der Waals surface area (Å²) in [4.78, 5) is 20.0. The first-order valence-electron chi connectivity index (χ1n) is 6.28. The molecule has 6 heteroatoms. The summed E-state index contributed by atoms with van der Waals surface area (Å²) >= 11 is 1.55. The molecule has 0 aliphatic carbocycles. The second-order valence-corrected chi connectivity index (χ2v) is 5.17. The summed E-state index contributed by atoms with van der Waals surface area (Å²) in [6.45, 7) is 2.66. The van der Waals surface area contributed by atoms with Gasteiger partial charge < -0.3 is 9.67 Å². The van der Waals surface area contributed by atoms with Crippen molar-refractivity contribution < 1.29 is 9.90 Å². The van der Waals surface area contributed by atoms with Crippen molar-refractivity contribution in [3.63, 3.8) is 0 Å². The van der Waals surface area contributed by atoms with Crippen LogP contribution in [0.15, 0.2) is 29.1 Å². The van der Waals surface area contributed by atoms with Crippen LogP contribution >= 0.6 is 11.3 Å². The van der Waals surface area contributed by atoms with Gasteiger partial charge in [-0.1, -0.05) is 6.92 Å². The Kier molecular flexibility index (Phi) is 3.23. The normalized spacial score (nSPS) is 11.1. The summed E-state index contributed by atoms with van der Waals surface area (Å²) < 4.78 is 2.04. The summed E-state index contributed by atoms with van der Waals surface area (Å²) in [6, 6.07) is 5.02. The van der Waals surface area contributed by atoms with Gasteiger partial charge in [-0.2, -0.15) is 0 Å². The maximum atomic E-state index is 11.1. The van der Waals surface area contributed by atoms with Gasteiger partial charge in [-0.15, -0.1) is 11.3 Å². The zero-order valence-electron chi connectivity index (χ0n) is 10.9. The van der Waals surface area contributed by atoms with Crippen LogP contribution in [-0.2, 0) is 13.0 Å². The molecule has 20 heavy (non-hydrogen) atoms. The lowest BCUT2D eigenvalue weighted by Crippen LogP contribution is -2.05. The van der Waals surface area contributed by atoms with Crippen LogP contribution in [0, 0.1) is 0 Å². The fraction of sp³-hybridized carbons (Fsp3) is 0.214. The summed E-state index contributed by atoms with van der Waals surface area (Å²) in [7, 11) is 0. The molecule has 0 aliphatic rings. The zero-order valence-corrected chi connectivity index (χ0v) is 11.7. The van der Waals surface area contributed by atoms with E-state index in [-0.39, 0.29) is 5.56 Å². The van der Waals surface area contributed by atoms with Gasteiger partial charge in [0, 0.05) is 11.8 Å². The van der Waals surface area contributed by atoms with E-state index in [2.05, 4.69) is 9.97 Å². The molecule has 0 saturated heterocycles. The van der Waals surface area contributed by atoms with Crippen molar-refractivity contribution in [2.24, 2.45) is 0 Å². The van der Waals surface area contributed by atoms with Crippen molar-refractivity contribution in [2.45, 2.75) is 19.9 Å². The minimum absolute atomic E-state index is 0.277. The third-order valence-electron chi connectivity index (χ3n) is 3.19. The Hall–Kier alpha value is -2.21. The monoisotopic (exact) mass is 287 g/mol. The first kappa shape index (κ1) is 12.8. The standard InChI is InChI=1S/C14H13N3O2S/c1-2-13-16-11-4-3-9(14(18)19)5-12(11)17(13)6-10-7-20-8-15-10/h3-5,7-8H,2,6H2,1H3,(H,18,19). The molecule has 0 radical (unpaired) electrons. The van der Waals surface area contributed by atoms with Gasteiger partial charge in [-0.05, 0) is 18.2 Å². The number of hydrogen-bond donors (Lipinski definition) is 1. The Morgan fingerprint density at radius 2 is 2.30 bits per heavy atom. The molecule has 0 spiro atoms. The number of aryl methyl sites for hydroxylation is 1. The second-order valence-electron chi connectivity index (χ2n) is 4.46. The number of carboxylic acid groups (broad SMARTS) is 1. The highest BCUT2D eigenvalue weighted by Crippen LogP contribution is 2.20. The van der Waals surface area contributed by atoms with Gasteiger partial charge >= 0.3 is 5.97 Å². The van der Waals surface area contributed by atoms with E-state index in [0.717, 1.165) is 29.0 Å². The van der Waals surface area contributed by atoms with Gasteiger partial charge in [0.25, 0.3) is 0 Å². The molecule has 0 bridgehead atoms. The molecule has 0 saturated carbocycles. The van der Waals surface area contributed by atoms with Gasteiger partial charge in [0.2, 0.25) is 0 Å².